The predicted octanol–water partition coefficient (Wildman–Crippen LogP) is 4.75. The molecule has 3 aromatic rings. The molecule has 3 rings (SSSR count). The lowest BCUT2D eigenvalue weighted by Crippen LogP contribution is -2.13. The summed E-state index contributed by atoms with van der Waals surface area (Å²) in [5.41, 5.74) is 5.24. The van der Waals surface area contributed by atoms with Crippen LogP contribution >= 0.6 is 12.6 Å². The number of benzene rings is 2. The lowest BCUT2D eigenvalue weighted by atomic mass is 10.0. The first-order chi connectivity index (χ1) is 13.0. The average molecular weight is 386 g/mol. The third-order valence-electron chi connectivity index (χ3n) is 4.48. The van der Waals surface area contributed by atoms with Gasteiger partial charge in [0.2, 0.25) is 0 Å². The van der Waals surface area contributed by atoms with Gasteiger partial charge in [0, 0.05) is 31.9 Å². The number of hydrogen-bond acceptors (Lipinski definition) is 5. The number of aromatic nitrogens is 2. The molecule has 0 saturated heterocycles. The second kappa shape index (κ2) is 8.13. The molecule has 0 fully saturated rings. The fraction of sp³-hybridized carbons (Fsp3) is 0.381. The Balaban J connectivity index is 2.07. The number of anilines is 1. The molecule has 0 amide bonds. The van der Waals surface area contributed by atoms with Crippen LogP contribution in [0.4, 0.5) is 5.69 Å². The normalized spacial score (nSPS) is 12.2. The van der Waals surface area contributed by atoms with Crippen LogP contribution < -0.4 is 14.4 Å². The van der Waals surface area contributed by atoms with E-state index in [9.17, 15) is 0 Å². The molecule has 1 aromatic heterocycles. The first-order valence-electron chi connectivity index (χ1n) is 9.20. The van der Waals surface area contributed by atoms with Crippen molar-refractivity contribution in [2.24, 2.45) is 0 Å². The molecule has 0 spiro atoms. The second-order valence-corrected chi connectivity index (χ2v) is 7.13. The van der Waals surface area contributed by atoms with Crippen LogP contribution in [0.2, 0.25) is 0 Å². The van der Waals surface area contributed by atoms with Gasteiger partial charge in [-0.05, 0) is 38.0 Å². The summed E-state index contributed by atoms with van der Waals surface area (Å²) in [6.07, 6.45) is 0. The molecule has 6 heteroatoms. The first kappa shape index (κ1) is 19.4. The van der Waals surface area contributed by atoms with Crippen LogP contribution in [-0.2, 0) is 0 Å². The molecule has 1 unspecified atom stereocenters. The van der Waals surface area contributed by atoms with Crippen molar-refractivity contribution in [2.45, 2.75) is 26.0 Å². The molecule has 0 radical (unpaired) electrons. The second-order valence-electron chi connectivity index (χ2n) is 6.61. The van der Waals surface area contributed by atoms with Crippen LogP contribution in [0.1, 0.15) is 36.0 Å². The highest BCUT2D eigenvalue weighted by Gasteiger charge is 2.21. The number of hydrogen-bond donors (Lipinski definition) is 2. The number of nitrogens with zero attached hydrogens (tertiary/aromatic N) is 2. The minimum Gasteiger partial charge on any atom is -0.490 e. The van der Waals surface area contributed by atoms with Crippen LogP contribution in [0.3, 0.4) is 0 Å². The van der Waals surface area contributed by atoms with Crippen molar-refractivity contribution in [3.63, 3.8) is 0 Å². The van der Waals surface area contributed by atoms with Crippen LogP contribution in [0, 0.1) is 6.92 Å². The van der Waals surface area contributed by atoms with Gasteiger partial charge in [0.1, 0.15) is 5.82 Å². The molecule has 2 aromatic carbocycles. The van der Waals surface area contributed by atoms with E-state index in [0.717, 1.165) is 33.9 Å². The van der Waals surface area contributed by atoms with Crippen LogP contribution in [0.15, 0.2) is 30.3 Å². The molecule has 27 heavy (non-hydrogen) atoms. The Kier molecular flexibility index (Phi) is 5.85. The largest absolute Gasteiger partial charge is 0.490 e. The predicted molar refractivity (Wildman–Crippen MR) is 115 cm³/mol. The van der Waals surface area contributed by atoms with Gasteiger partial charge < -0.3 is 19.4 Å². The summed E-state index contributed by atoms with van der Waals surface area (Å²) in [4.78, 5) is 10.3. The lowest BCUT2D eigenvalue weighted by molar-refractivity contribution is 0.288. The van der Waals surface area contributed by atoms with Crippen LogP contribution in [0.25, 0.3) is 11.0 Å². The van der Waals surface area contributed by atoms with E-state index in [1.807, 2.05) is 40.1 Å². The zero-order valence-electron chi connectivity index (χ0n) is 16.5. The van der Waals surface area contributed by atoms with E-state index in [1.165, 1.54) is 5.56 Å². The Hall–Kier alpha value is -2.34. The van der Waals surface area contributed by atoms with Gasteiger partial charge in [-0.3, -0.25) is 0 Å². The Morgan fingerprint density at radius 3 is 2.41 bits per heavy atom. The summed E-state index contributed by atoms with van der Waals surface area (Å²) >= 11 is 4.91. The summed E-state index contributed by atoms with van der Waals surface area (Å²) in [5.74, 6) is 2.25. The molecule has 1 N–H and O–H groups in total. The van der Waals surface area contributed by atoms with E-state index in [1.54, 1.807) is 0 Å². The molecular formula is C21H27N3O2S. The van der Waals surface area contributed by atoms with Crippen molar-refractivity contribution in [1.82, 2.24) is 9.97 Å². The van der Waals surface area contributed by atoms with Crippen molar-refractivity contribution >= 4 is 29.3 Å². The maximum Gasteiger partial charge on any atom is 0.163 e. The van der Waals surface area contributed by atoms with Crippen molar-refractivity contribution in [3.8, 4) is 11.5 Å². The van der Waals surface area contributed by atoms with Crippen molar-refractivity contribution in [2.75, 3.05) is 32.2 Å². The number of H-pyrrole nitrogens is 1. The van der Waals surface area contributed by atoms with E-state index in [-0.39, 0.29) is 5.25 Å². The topological polar surface area (TPSA) is 50.4 Å². The lowest BCUT2D eigenvalue weighted by Gasteiger charge is -2.22. The molecule has 0 bridgehead atoms. The molecule has 0 aliphatic heterocycles. The summed E-state index contributed by atoms with van der Waals surface area (Å²) in [6.45, 7) is 7.18. The number of imidazole rings is 1. The van der Waals surface area contributed by atoms with Crippen molar-refractivity contribution in [3.05, 3.63) is 47.3 Å². The van der Waals surface area contributed by atoms with Gasteiger partial charge in [-0.2, -0.15) is 12.6 Å². The minimum atomic E-state index is -0.165. The van der Waals surface area contributed by atoms with Crippen molar-refractivity contribution in [1.29, 1.82) is 0 Å². The van der Waals surface area contributed by atoms with Gasteiger partial charge in [0.15, 0.2) is 11.5 Å². The zero-order valence-corrected chi connectivity index (χ0v) is 17.4. The maximum absolute atomic E-state index is 5.72. The van der Waals surface area contributed by atoms with Gasteiger partial charge in [-0.15, -0.1) is 0 Å². The number of aromatic amines is 1. The number of rotatable bonds is 7. The number of ether oxygens (including phenoxy) is 2. The summed E-state index contributed by atoms with van der Waals surface area (Å²) in [6, 6.07) is 10.2. The van der Waals surface area contributed by atoms with E-state index in [2.05, 4.69) is 35.0 Å². The molecule has 144 valence electrons. The van der Waals surface area contributed by atoms with E-state index >= 15 is 0 Å². The molecule has 1 atom stereocenters. The van der Waals surface area contributed by atoms with Crippen LogP contribution in [0.5, 0.6) is 11.5 Å². The third kappa shape index (κ3) is 3.86. The smallest absolute Gasteiger partial charge is 0.163 e. The number of thiol groups is 1. The van der Waals surface area contributed by atoms with E-state index < -0.39 is 0 Å². The van der Waals surface area contributed by atoms with Gasteiger partial charge in [0.05, 0.1) is 29.5 Å². The fourth-order valence-corrected chi connectivity index (χ4v) is 3.71. The Bertz CT molecular complexity index is 894. The van der Waals surface area contributed by atoms with Crippen molar-refractivity contribution < 1.29 is 9.47 Å². The fourth-order valence-electron chi connectivity index (χ4n) is 3.25. The number of fused-ring (bicyclic) bond motifs is 1. The highest BCUT2D eigenvalue weighted by Crippen LogP contribution is 2.38. The Labute approximate surface area is 166 Å². The summed E-state index contributed by atoms with van der Waals surface area (Å²) in [7, 11) is 4.08. The third-order valence-corrected chi connectivity index (χ3v) is 4.98. The quantitative estimate of drug-likeness (QED) is 0.576. The van der Waals surface area contributed by atoms with E-state index in [0.29, 0.717) is 19.0 Å². The Morgan fingerprint density at radius 1 is 1.11 bits per heavy atom. The molecule has 0 saturated carbocycles. The zero-order chi connectivity index (χ0) is 19.6. The van der Waals surface area contributed by atoms with Crippen LogP contribution in [-0.4, -0.2) is 37.3 Å². The highest BCUT2D eigenvalue weighted by molar-refractivity contribution is 7.80. The van der Waals surface area contributed by atoms with Gasteiger partial charge in [0.25, 0.3) is 0 Å². The molecule has 5 nitrogen and oxygen atoms in total. The Morgan fingerprint density at radius 2 is 1.78 bits per heavy atom. The standard InChI is InChI=1S/C21H27N3O2S/c1-6-25-17-11-14-15(12-18(17)26-7-2)23-21(22-14)20(27)19-13(3)9-8-10-16(19)24(4)5/h8-12,20,27H,6-7H2,1-5H3,(H,22,23). The highest BCUT2D eigenvalue weighted by atomic mass is 32.1. The monoisotopic (exact) mass is 385 g/mol. The SMILES string of the molecule is CCOc1cc2nc(C(S)c3c(C)cccc3N(C)C)[nH]c2cc1OCC. The van der Waals surface area contributed by atoms with Gasteiger partial charge >= 0.3 is 0 Å². The maximum atomic E-state index is 5.72. The van der Waals surface area contributed by atoms with Gasteiger partial charge in [-0.25, -0.2) is 4.98 Å². The minimum absolute atomic E-state index is 0.165. The molecule has 0 aliphatic carbocycles. The first-order valence-corrected chi connectivity index (χ1v) is 9.72. The van der Waals surface area contributed by atoms with E-state index in [4.69, 9.17) is 27.1 Å². The summed E-state index contributed by atoms with van der Waals surface area (Å²) in [5, 5.41) is -0.165. The molecular weight excluding hydrogens is 358 g/mol. The number of nitrogens with one attached hydrogen (secondary N) is 1. The van der Waals surface area contributed by atoms with Gasteiger partial charge in [-0.1, -0.05) is 12.1 Å². The summed E-state index contributed by atoms with van der Waals surface area (Å²) < 4.78 is 11.4. The molecule has 0 aliphatic rings. The average Bonchev–Trinajstić information content (AvgIpc) is 3.04. The number of aryl methyl sites for hydroxylation is 1. The molecule has 1 heterocycles.